The molecule has 0 saturated carbocycles. The van der Waals surface area contributed by atoms with Crippen LogP contribution in [0.1, 0.15) is 6.92 Å². The van der Waals surface area contributed by atoms with Gasteiger partial charge in [0.1, 0.15) is 0 Å². The van der Waals surface area contributed by atoms with E-state index < -0.39 is 29.5 Å². The highest BCUT2D eigenvalue weighted by Crippen LogP contribution is 2.26. The van der Waals surface area contributed by atoms with Crippen LogP contribution < -0.4 is 4.74 Å². The lowest BCUT2D eigenvalue weighted by atomic mass is 10.3. The van der Waals surface area contributed by atoms with Gasteiger partial charge in [0, 0.05) is 0 Å². The molecule has 0 heterocycles. The van der Waals surface area contributed by atoms with Gasteiger partial charge in [0.05, 0.1) is 5.02 Å². The molecule has 0 aliphatic rings. The number of benzene rings is 1. The fraction of sp³-hybridized carbons (Fsp3) is 0.222. The first-order valence-corrected chi connectivity index (χ1v) is 4.34. The lowest BCUT2D eigenvalue weighted by Gasteiger charge is -2.11. The number of carboxylic acids is 1. The zero-order valence-corrected chi connectivity index (χ0v) is 8.39. The van der Waals surface area contributed by atoms with Crippen LogP contribution in [-0.4, -0.2) is 17.2 Å². The van der Waals surface area contributed by atoms with Crippen LogP contribution in [0.2, 0.25) is 5.02 Å². The van der Waals surface area contributed by atoms with Crippen molar-refractivity contribution in [3.63, 3.8) is 0 Å². The van der Waals surface area contributed by atoms with Crippen LogP contribution in [0, 0.1) is 11.6 Å². The second kappa shape index (κ2) is 4.44. The van der Waals surface area contributed by atoms with Gasteiger partial charge in [-0.3, -0.25) is 0 Å². The number of carbonyl (C=O) groups is 1. The number of ether oxygens (including phenoxy) is 1. The summed E-state index contributed by atoms with van der Waals surface area (Å²) in [5, 5.41) is 8.10. The molecule has 82 valence electrons. The lowest BCUT2D eigenvalue weighted by Crippen LogP contribution is -2.23. The maximum Gasteiger partial charge on any atom is 0.344 e. The number of halogens is 3. The number of hydrogen-bond donors (Lipinski definition) is 1. The summed E-state index contributed by atoms with van der Waals surface area (Å²) in [7, 11) is 0. The standard InChI is InChI=1S/C9H7ClF2O3/c1-4(9(13)14)15-6-3-2-5(10)7(11)8(6)12/h2-4H,1H3,(H,13,14)/t4-/m1/s1. The zero-order chi connectivity index (χ0) is 11.6. The Kier molecular flexibility index (Phi) is 3.47. The van der Waals surface area contributed by atoms with Crippen LogP contribution in [0.5, 0.6) is 5.75 Å². The third-order valence-corrected chi connectivity index (χ3v) is 1.94. The molecule has 1 aromatic rings. The summed E-state index contributed by atoms with van der Waals surface area (Å²) in [5.74, 6) is -4.31. The maximum absolute atomic E-state index is 13.1. The van der Waals surface area contributed by atoms with Crippen LogP contribution in [-0.2, 0) is 4.79 Å². The number of aliphatic carboxylic acids is 1. The molecule has 6 heteroatoms. The number of carboxylic acid groups (broad SMARTS) is 1. The van der Waals surface area contributed by atoms with Crippen molar-refractivity contribution in [2.75, 3.05) is 0 Å². The molecule has 0 spiro atoms. The molecule has 0 amide bonds. The van der Waals surface area contributed by atoms with Gasteiger partial charge in [-0.05, 0) is 19.1 Å². The highest BCUT2D eigenvalue weighted by molar-refractivity contribution is 6.30. The minimum absolute atomic E-state index is 0.386. The molecule has 1 atom stereocenters. The van der Waals surface area contributed by atoms with E-state index in [-0.39, 0.29) is 5.02 Å². The van der Waals surface area contributed by atoms with Crippen molar-refractivity contribution in [3.8, 4) is 5.75 Å². The molecule has 0 unspecified atom stereocenters. The first-order valence-electron chi connectivity index (χ1n) is 3.96. The predicted molar refractivity (Wildman–Crippen MR) is 49.1 cm³/mol. The molecule has 0 bridgehead atoms. The quantitative estimate of drug-likeness (QED) is 0.820. The SMILES string of the molecule is C[C@@H](Oc1ccc(Cl)c(F)c1F)C(=O)O. The molecule has 0 aromatic heterocycles. The van der Waals surface area contributed by atoms with Crippen LogP contribution in [0.4, 0.5) is 8.78 Å². The zero-order valence-electron chi connectivity index (χ0n) is 7.63. The topological polar surface area (TPSA) is 46.5 Å². The van der Waals surface area contributed by atoms with Gasteiger partial charge >= 0.3 is 5.97 Å². The Hall–Kier alpha value is -1.36. The van der Waals surface area contributed by atoms with Crippen molar-refractivity contribution in [1.29, 1.82) is 0 Å². The van der Waals surface area contributed by atoms with Gasteiger partial charge in [0.25, 0.3) is 0 Å². The van der Waals surface area contributed by atoms with Crippen LogP contribution >= 0.6 is 11.6 Å². The Morgan fingerprint density at radius 1 is 1.47 bits per heavy atom. The van der Waals surface area contributed by atoms with Gasteiger partial charge in [-0.2, -0.15) is 4.39 Å². The summed E-state index contributed by atoms with van der Waals surface area (Å²) in [6.45, 7) is 1.20. The van der Waals surface area contributed by atoms with Crippen molar-refractivity contribution in [2.45, 2.75) is 13.0 Å². The van der Waals surface area contributed by atoms with Crippen LogP contribution in [0.15, 0.2) is 12.1 Å². The Morgan fingerprint density at radius 3 is 2.60 bits per heavy atom. The van der Waals surface area contributed by atoms with Crippen molar-refractivity contribution >= 4 is 17.6 Å². The van der Waals surface area contributed by atoms with E-state index >= 15 is 0 Å². The molecular weight excluding hydrogens is 230 g/mol. The summed E-state index contributed by atoms with van der Waals surface area (Å²) in [6.07, 6.45) is -1.26. The average Bonchev–Trinajstić information content (AvgIpc) is 2.18. The molecule has 15 heavy (non-hydrogen) atoms. The summed E-state index contributed by atoms with van der Waals surface area (Å²) in [4.78, 5) is 10.4. The van der Waals surface area contributed by atoms with Gasteiger partial charge in [0.15, 0.2) is 17.7 Å². The monoisotopic (exact) mass is 236 g/mol. The normalized spacial score (nSPS) is 12.3. The third kappa shape index (κ3) is 2.56. The third-order valence-electron chi connectivity index (χ3n) is 1.65. The van der Waals surface area contributed by atoms with Crippen molar-refractivity contribution in [3.05, 3.63) is 28.8 Å². The van der Waals surface area contributed by atoms with Crippen molar-refractivity contribution in [2.24, 2.45) is 0 Å². The van der Waals surface area contributed by atoms with E-state index in [2.05, 4.69) is 4.74 Å². The van der Waals surface area contributed by atoms with Gasteiger partial charge in [-0.1, -0.05) is 11.6 Å². The molecule has 1 rings (SSSR count). The fourth-order valence-electron chi connectivity index (χ4n) is 0.840. The van der Waals surface area contributed by atoms with E-state index in [0.29, 0.717) is 0 Å². The van der Waals surface area contributed by atoms with E-state index in [4.69, 9.17) is 16.7 Å². The van der Waals surface area contributed by atoms with Gasteiger partial charge in [0.2, 0.25) is 5.82 Å². The molecule has 0 aliphatic heterocycles. The lowest BCUT2D eigenvalue weighted by molar-refractivity contribution is -0.144. The number of rotatable bonds is 3. The maximum atomic E-state index is 13.1. The predicted octanol–water partition coefficient (Wildman–Crippen LogP) is 2.47. The fourth-order valence-corrected chi connectivity index (χ4v) is 0.986. The minimum Gasteiger partial charge on any atom is -0.479 e. The summed E-state index contributed by atoms with van der Waals surface area (Å²) >= 11 is 5.30. The summed E-state index contributed by atoms with van der Waals surface area (Å²) in [5.41, 5.74) is 0. The Bertz CT molecular complexity index is 395. The summed E-state index contributed by atoms with van der Waals surface area (Å²) in [6, 6.07) is 2.16. The highest BCUT2D eigenvalue weighted by Gasteiger charge is 2.18. The largest absolute Gasteiger partial charge is 0.479 e. The number of hydrogen-bond acceptors (Lipinski definition) is 2. The first kappa shape index (κ1) is 11.7. The van der Waals surface area contributed by atoms with Gasteiger partial charge < -0.3 is 9.84 Å². The molecule has 1 N–H and O–H groups in total. The van der Waals surface area contributed by atoms with Crippen molar-refractivity contribution < 1.29 is 23.4 Å². The van der Waals surface area contributed by atoms with E-state index in [1.165, 1.54) is 6.92 Å². The van der Waals surface area contributed by atoms with Crippen molar-refractivity contribution in [1.82, 2.24) is 0 Å². The molecule has 0 saturated heterocycles. The van der Waals surface area contributed by atoms with E-state index in [1.807, 2.05) is 0 Å². The molecule has 3 nitrogen and oxygen atoms in total. The molecular formula is C9H7ClF2O3. The van der Waals surface area contributed by atoms with Crippen LogP contribution in [0.3, 0.4) is 0 Å². The van der Waals surface area contributed by atoms with Gasteiger partial charge in [-0.15, -0.1) is 0 Å². The second-order valence-corrected chi connectivity index (χ2v) is 3.18. The first-order chi connectivity index (χ1) is 6.93. The summed E-state index contributed by atoms with van der Waals surface area (Å²) < 4.78 is 30.7. The Balaban J connectivity index is 2.97. The highest BCUT2D eigenvalue weighted by atomic mass is 35.5. The van der Waals surface area contributed by atoms with E-state index in [9.17, 15) is 13.6 Å². The molecule has 1 aromatic carbocycles. The smallest absolute Gasteiger partial charge is 0.344 e. The van der Waals surface area contributed by atoms with E-state index in [1.54, 1.807) is 0 Å². The van der Waals surface area contributed by atoms with Crippen LogP contribution in [0.25, 0.3) is 0 Å². The molecule has 0 radical (unpaired) electrons. The van der Waals surface area contributed by atoms with Gasteiger partial charge in [-0.25, -0.2) is 9.18 Å². The second-order valence-electron chi connectivity index (χ2n) is 2.77. The molecule has 0 aliphatic carbocycles. The minimum atomic E-state index is -1.30. The molecule has 0 fully saturated rings. The Labute approximate surface area is 89.2 Å². The average molecular weight is 237 g/mol. The Morgan fingerprint density at radius 2 is 2.07 bits per heavy atom. The van der Waals surface area contributed by atoms with E-state index in [0.717, 1.165) is 12.1 Å².